The Bertz CT molecular complexity index is 353. The lowest BCUT2D eigenvalue weighted by Gasteiger charge is -2.45. The van der Waals surface area contributed by atoms with Gasteiger partial charge >= 0.3 is 0 Å². The van der Waals surface area contributed by atoms with Crippen LogP contribution in [0.4, 0.5) is 0 Å². The summed E-state index contributed by atoms with van der Waals surface area (Å²) in [7, 11) is 0. The van der Waals surface area contributed by atoms with Crippen LogP contribution in [0.5, 0.6) is 0 Å². The summed E-state index contributed by atoms with van der Waals surface area (Å²) in [6, 6.07) is 2.04. The van der Waals surface area contributed by atoms with Gasteiger partial charge in [-0.1, -0.05) is 13.8 Å². The van der Waals surface area contributed by atoms with E-state index < -0.39 is 0 Å². The Kier molecular flexibility index (Phi) is 3.04. The lowest BCUT2D eigenvalue weighted by molar-refractivity contribution is 0.0175. The summed E-state index contributed by atoms with van der Waals surface area (Å²) in [5.41, 5.74) is 7.02. The summed E-state index contributed by atoms with van der Waals surface area (Å²) in [6.07, 6.45) is 3.19. The largest absolute Gasteiger partial charge is 0.393 e. The van der Waals surface area contributed by atoms with Crippen LogP contribution < -0.4 is 5.73 Å². The Morgan fingerprint density at radius 3 is 2.81 bits per heavy atom. The fourth-order valence-corrected chi connectivity index (χ4v) is 2.60. The monoisotopic (exact) mass is 223 g/mol. The first-order valence-electron chi connectivity index (χ1n) is 5.98. The zero-order valence-corrected chi connectivity index (χ0v) is 10.1. The molecule has 0 spiro atoms. The third-order valence-electron chi connectivity index (χ3n) is 3.44. The molecule has 1 heterocycles. The molecule has 2 rings (SSSR count). The van der Waals surface area contributed by atoms with Crippen molar-refractivity contribution in [3.05, 3.63) is 18.0 Å². The van der Waals surface area contributed by atoms with Gasteiger partial charge in [0, 0.05) is 30.4 Å². The van der Waals surface area contributed by atoms with Crippen molar-refractivity contribution in [2.24, 2.45) is 11.7 Å². The molecule has 0 radical (unpaired) electrons. The van der Waals surface area contributed by atoms with Gasteiger partial charge in [-0.05, 0) is 24.8 Å². The van der Waals surface area contributed by atoms with Crippen LogP contribution in [0, 0.1) is 5.92 Å². The molecule has 0 aromatic carbocycles. The van der Waals surface area contributed by atoms with Crippen LogP contribution in [0.1, 0.15) is 32.4 Å². The first-order chi connectivity index (χ1) is 7.57. The van der Waals surface area contributed by atoms with Crippen molar-refractivity contribution in [1.82, 2.24) is 9.78 Å². The maximum Gasteiger partial charge on any atom is 0.0559 e. The zero-order chi connectivity index (χ0) is 11.8. The lowest BCUT2D eigenvalue weighted by Crippen LogP contribution is -2.51. The van der Waals surface area contributed by atoms with Crippen molar-refractivity contribution in [2.45, 2.75) is 44.8 Å². The first-order valence-corrected chi connectivity index (χ1v) is 5.98. The molecule has 0 unspecified atom stereocenters. The minimum Gasteiger partial charge on any atom is -0.393 e. The summed E-state index contributed by atoms with van der Waals surface area (Å²) in [4.78, 5) is 0. The maximum atomic E-state index is 9.50. The molecule has 3 N–H and O–H groups in total. The van der Waals surface area contributed by atoms with E-state index in [9.17, 15) is 5.11 Å². The second kappa shape index (κ2) is 4.18. The van der Waals surface area contributed by atoms with Crippen molar-refractivity contribution in [3.63, 3.8) is 0 Å². The van der Waals surface area contributed by atoms with Gasteiger partial charge in [0.05, 0.1) is 6.10 Å². The number of nitrogens with two attached hydrogens (primary N) is 1. The molecule has 16 heavy (non-hydrogen) atoms. The molecule has 0 aliphatic heterocycles. The van der Waals surface area contributed by atoms with Crippen LogP contribution in [0.3, 0.4) is 0 Å². The number of nitrogens with zero attached hydrogens (tertiary/aromatic N) is 2. The quantitative estimate of drug-likeness (QED) is 0.796. The fraction of sp³-hybridized carbons (Fsp3) is 0.750. The number of aromatic nitrogens is 2. The molecule has 1 aromatic heterocycles. The molecule has 4 heteroatoms. The van der Waals surface area contributed by atoms with E-state index in [4.69, 9.17) is 5.73 Å². The molecule has 1 saturated carbocycles. The van der Waals surface area contributed by atoms with E-state index in [-0.39, 0.29) is 11.5 Å². The predicted molar refractivity (Wildman–Crippen MR) is 63.0 cm³/mol. The number of aliphatic hydroxyl groups excluding tert-OH is 1. The number of hydrogen-bond acceptors (Lipinski definition) is 3. The van der Waals surface area contributed by atoms with Gasteiger partial charge in [0.1, 0.15) is 0 Å². The predicted octanol–water partition coefficient (Wildman–Crippen LogP) is 0.890. The molecular weight excluding hydrogens is 202 g/mol. The topological polar surface area (TPSA) is 64.1 Å². The van der Waals surface area contributed by atoms with Gasteiger partial charge in [0.25, 0.3) is 0 Å². The van der Waals surface area contributed by atoms with E-state index in [1.807, 2.05) is 16.9 Å². The second-order valence-electron chi connectivity index (χ2n) is 5.34. The highest BCUT2D eigenvalue weighted by atomic mass is 16.3. The summed E-state index contributed by atoms with van der Waals surface area (Å²) >= 11 is 0. The Morgan fingerprint density at radius 1 is 1.62 bits per heavy atom. The average molecular weight is 223 g/mol. The van der Waals surface area contributed by atoms with Crippen molar-refractivity contribution in [3.8, 4) is 0 Å². The Labute approximate surface area is 96.5 Å². The summed E-state index contributed by atoms with van der Waals surface area (Å²) in [5, 5.41) is 13.9. The van der Waals surface area contributed by atoms with Gasteiger partial charge in [-0.3, -0.25) is 4.68 Å². The van der Waals surface area contributed by atoms with Crippen LogP contribution in [-0.4, -0.2) is 27.5 Å². The number of hydrogen-bond donors (Lipinski definition) is 2. The Balaban J connectivity index is 2.22. The summed E-state index contributed by atoms with van der Waals surface area (Å²) in [5.74, 6) is 0.568. The van der Waals surface area contributed by atoms with E-state index in [0.29, 0.717) is 12.5 Å². The minimum absolute atomic E-state index is 0.0369. The first kappa shape index (κ1) is 11.6. The van der Waals surface area contributed by atoms with Gasteiger partial charge in [0.15, 0.2) is 0 Å². The highest BCUT2D eigenvalue weighted by molar-refractivity contribution is 5.23. The highest BCUT2D eigenvalue weighted by Crippen LogP contribution is 2.42. The van der Waals surface area contributed by atoms with E-state index in [0.717, 1.165) is 19.4 Å². The van der Waals surface area contributed by atoms with E-state index in [2.05, 4.69) is 18.9 Å². The molecule has 1 fully saturated rings. The van der Waals surface area contributed by atoms with E-state index in [1.165, 1.54) is 5.69 Å². The minimum atomic E-state index is -0.189. The van der Waals surface area contributed by atoms with Crippen molar-refractivity contribution in [1.29, 1.82) is 0 Å². The molecule has 90 valence electrons. The molecule has 0 saturated heterocycles. The van der Waals surface area contributed by atoms with Gasteiger partial charge in [0.2, 0.25) is 0 Å². The second-order valence-corrected chi connectivity index (χ2v) is 5.34. The third kappa shape index (κ3) is 1.87. The van der Waals surface area contributed by atoms with Crippen LogP contribution in [0.25, 0.3) is 0 Å². The van der Waals surface area contributed by atoms with Crippen LogP contribution >= 0.6 is 0 Å². The lowest BCUT2D eigenvalue weighted by atomic mass is 9.64. The maximum absolute atomic E-state index is 9.50. The number of aliphatic hydroxyl groups is 1. The van der Waals surface area contributed by atoms with Gasteiger partial charge in [-0.15, -0.1) is 0 Å². The normalized spacial score (nSPS) is 29.4. The zero-order valence-electron chi connectivity index (χ0n) is 10.1. The smallest absolute Gasteiger partial charge is 0.0559 e. The molecule has 0 atom stereocenters. The molecule has 0 amide bonds. The molecule has 1 aliphatic rings. The van der Waals surface area contributed by atoms with Crippen LogP contribution in [0.15, 0.2) is 12.3 Å². The third-order valence-corrected chi connectivity index (χ3v) is 3.44. The summed E-state index contributed by atoms with van der Waals surface area (Å²) in [6.45, 7) is 5.86. The SMILES string of the molecule is CC(C)Cn1nccc1C1(CN)CC(O)C1. The van der Waals surface area contributed by atoms with Crippen molar-refractivity contribution in [2.75, 3.05) is 6.54 Å². The molecular formula is C12H21N3O. The van der Waals surface area contributed by atoms with E-state index in [1.54, 1.807) is 0 Å². The van der Waals surface area contributed by atoms with Gasteiger partial charge in [-0.2, -0.15) is 5.10 Å². The average Bonchev–Trinajstić information content (AvgIpc) is 2.60. The fourth-order valence-electron chi connectivity index (χ4n) is 2.60. The van der Waals surface area contributed by atoms with E-state index >= 15 is 0 Å². The summed E-state index contributed by atoms with van der Waals surface area (Å²) < 4.78 is 2.05. The van der Waals surface area contributed by atoms with Gasteiger partial charge in [-0.25, -0.2) is 0 Å². The Morgan fingerprint density at radius 2 is 2.31 bits per heavy atom. The van der Waals surface area contributed by atoms with Crippen molar-refractivity contribution >= 4 is 0 Å². The molecule has 1 aliphatic carbocycles. The molecule has 4 nitrogen and oxygen atoms in total. The van der Waals surface area contributed by atoms with Gasteiger partial charge < -0.3 is 10.8 Å². The Hall–Kier alpha value is -0.870. The standard InChI is InChI=1S/C12H21N3O/c1-9(2)7-15-11(3-4-14-15)12(8-13)5-10(16)6-12/h3-4,9-10,16H,5-8,13H2,1-2H3. The molecule has 0 bridgehead atoms. The molecule has 1 aromatic rings. The highest BCUT2D eigenvalue weighted by Gasteiger charge is 2.45. The number of rotatable bonds is 4. The van der Waals surface area contributed by atoms with Crippen LogP contribution in [0.2, 0.25) is 0 Å². The van der Waals surface area contributed by atoms with Crippen molar-refractivity contribution < 1.29 is 5.11 Å². The van der Waals surface area contributed by atoms with Crippen LogP contribution in [-0.2, 0) is 12.0 Å².